The summed E-state index contributed by atoms with van der Waals surface area (Å²) in [6.07, 6.45) is 4.59. The van der Waals surface area contributed by atoms with Gasteiger partial charge in [-0.2, -0.15) is 5.10 Å². The van der Waals surface area contributed by atoms with Crippen LogP contribution in [-0.2, 0) is 0 Å². The summed E-state index contributed by atoms with van der Waals surface area (Å²) in [5, 5.41) is 15.8. The lowest BCUT2D eigenvalue weighted by molar-refractivity contribution is -0.385. The molecule has 1 aromatic heterocycles. The summed E-state index contributed by atoms with van der Waals surface area (Å²) in [5.74, 6) is -0.861. The highest BCUT2D eigenvalue weighted by Crippen LogP contribution is 2.26. The van der Waals surface area contributed by atoms with Gasteiger partial charge in [0.25, 0.3) is 5.69 Å². The number of carbonyl (C=O) groups excluding carboxylic acids is 1. The second kappa shape index (κ2) is 8.54. The Kier molecular flexibility index (Phi) is 5.49. The molecule has 0 aliphatic rings. The monoisotopic (exact) mass is 413 g/mol. The molecule has 0 N–H and O–H groups in total. The van der Waals surface area contributed by atoms with Crippen LogP contribution >= 0.6 is 0 Å². The quantitative estimate of drug-likeness (QED) is 0.181. The fourth-order valence-electron chi connectivity index (χ4n) is 3.15. The minimum Gasteiger partial charge on any atom is -0.289 e. The minimum atomic E-state index is -0.585. The van der Waals surface area contributed by atoms with Gasteiger partial charge in [0.1, 0.15) is 5.82 Å². The van der Waals surface area contributed by atoms with Crippen molar-refractivity contribution >= 4 is 17.5 Å². The molecule has 0 aliphatic carbocycles. The highest BCUT2D eigenvalue weighted by Gasteiger charge is 2.18. The van der Waals surface area contributed by atoms with Crippen LogP contribution in [0.1, 0.15) is 15.9 Å². The highest BCUT2D eigenvalue weighted by molar-refractivity contribution is 6.09. The number of hydrogen-bond acceptors (Lipinski definition) is 4. The molecule has 0 amide bonds. The van der Waals surface area contributed by atoms with Crippen LogP contribution in [0.4, 0.5) is 10.1 Å². The number of allylic oxidation sites excluding steroid dienone is 1. The molecule has 0 unspecified atom stereocenters. The van der Waals surface area contributed by atoms with E-state index < -0.39 is 10.7 Å². The molecule has 4 rings (SSSR count). The van der Waals surface area contributed by atoms with Gasteiger partial charge in [-0.1, -0.05) is 30.3 Å². The topological polar surface area (TPSA) is 78.0 Å². The van der Waals surface area contributed by atoms with Crippen LogP contribution in [0.2, 0.25) is 0 Å². The van der Waals surface area contributed by atoms with Crippen molar-refractivity contribution in [2.24, 2.45) is 0 Å². The number of nitro groups is 1. The van der Waals surface area contributed by atoms with E-state index in [-0.39, 0.29) is 17.1 Å². The number of benzene rings is 3. The van der Waals surface area contributed by atoms with Gasteiger partial charge in [0, 0.05) is 23.4 Å². The maximum Gasteiger partial charge on any atom is 0.280 e. The first kappa shape index (κ1) is 19.9. The van der Waals surface area contributed by atoms with E-state index in [1.807, 2.05) is 30.3 Å². The predicted molar refractivity (Wildman–Crippen MR) is 115 cm³/mol. The molecular formula is C24H16FN3O3. The molecule has 0 fully saturated rings. The summed E-state index contributed by atoms with van der Waals surface area (Å²) in [5.41, 5.74) is 2.40. The van der Waals surface area contributed by atoms with Crippen molar-refractivity contribution in [1.82, 2.24) is 9.78 Å². The van der Waals surface area contributed by atoms with Crippen molar-refractivity contribution in [3.8, 4) is 16.9 Å². The summed E-state index contributed by atoms with van der Waals surface area (Å²) in [6, 6.07) is 21.1. The van der Waals surface area contributed by atoms with Crippen molar-refractivity contribution in [3.63, 3.8) is 0 Å². The zero-order valence-electron chi connectivity index (χ0n) is 16.2. The van der Waals surface area contributed by atoms with E-state index in [1.165, 1.54) is 36.4 Å². The van der Waals surface area contributed by atoms with Gasteiger partial charge in [0.05, 0.1) is 21.9 Å². The molecule has 1 heterocycles. The molecule has 6 nitrogen and oxygen atoms in total. The summed E-state index contributed by atoms with van der Waals surface area (Å²) in [7, 11) is 0. The zero-order valence-corrected chi connectivity index (χ0v) is 16.2. The summed E-state index contributed by atoms with van der Waals surface area (Å²) in [4.78, 5) is 23.3. The molecule has 0 saturated carbocycles. The van der Waals surface area contributed by atoms with Crippen LogP contribution in [0.3, 0.4) is 0 Å². The molecule has 0 radical (unpaired) electrons. The third kappa shape index (κ3) is 4.30. The summed E-state index contributed by atoms with van der Waals surface area (Å²) >= 11 is 0. The van der Waals surface area contributed by atoms with Gasteiger partial charge >= 0.3 is 0 Å². The smallest absolute Gasteiger partial charge is 0.280 e. The number of rotatable bonds is 6. The van der Waals surface area contributed by atoms with Gasteiger partial charge in [-0.15, -0.1) is 0 Å². The van der Waals surface area contributed by atoms with Crippen molar-refractivity contribution in [2.45, 2.75) is 0 Å². The molecule has 0 spiro atoms. The number of carbonyl (C=O) groups is 1. The number of hydrogen-bond donors (Lipinski definition) is 0. The average molecular weight is 413 g/mol. The summed E-state index contributed by atoms with van der Waals surface area (Å²) < 4.78 is 15.0. The normalized spacial score (nSPS) is 11.0. The molecule has 152 valence electrons. The molecule has 3 aromatic carbocycles. The van der Waals surface area contributed by atoms with Crippen molar-refractivity contribution in [3.05, 3.63) is 118 Å². The Labute approximate surface area is 177 Å². The predicted octanol–water partition coefficient (Wildman–Crippen LogP) is 5.48. The molecule has 0 atom stereocenters. The van der Waals surface area contributed by atoms with Gasteiger partial charge < -0.3 is 0 Å². The third-order valence-electron chi connectivity index (χ3n) is 4.66. The Morgan fingerprint density at radius 1 is 0.968 bits per heavy atom. The minimum absolute atomic E-state index is 0.00235. The van der Waals surface area contributed by atoms with Crippen LogP contribution in [-0.4, -0.2) is 20.5 Å². The largest absolute Gasteiger partial charge is 0.289 e. The lowest BCUT2D eigenvalue weighted by Crippen LogP contribution is -2.00. The second-order valence-corrected chi connectivity index (χ2v) is 6.69. The van der Waals surface area contributed by atoms with Gasteiger partial charge in [-0.25, -0.2) is 9.07 Å². The van der Waals surface area contributed by atoms with E-state index in [1.54, 1.807) is 35.2 Å². The average Bonchev–Trinajstić information content (AvgIpc) is 3.23. The lowest BCUT2D eigenvalue weighted by Gasteiger charge is -2.00. The number of ketones is 1. The van der Waals surface area contributed by atoms with E-state index in [4.69, 9.17) is 0 Å². The van der Waals surface area contributed by atoms with Crippen molar-refractivity contribution < 1.29 is 14.1 Å². The number of nitrogens with zero attached hydrogens (tertiary/aromatic N) is 3. The van der Waals surface area contributed by atoms with Gasteiger partial charge in [0.2, 0.25) is 0 Å². The fraction of sp³-hybridized carbons (Fsp3) is 0. The number of halogens is 1. The van der Waals surface area contributed by atoms with E-state index in [0.717, 1.165) is 5.69 Å². The van der Waals surface area contributed by atoms with Crippen LogP contribution in [0, 0.1) is 15.9 Å². The molecule has 0 aliphatic heterocycles. The molecule has 0 bridgehead atoms. The molecule has 7 heteroatoms. The number of para-hydroxylation sites is 2. The fourth-order valence-corrected chi connectivity index (χ4v) is 3.15. The number of aromatic nitrogens is 2. The molecule has 4 aromatic rings. The van der Waals surface area contributed by atoms with Gasteiger partial charge in [-0.3, -0.25) is 14.9 Å². The standard InChI is InChI=1S/C24H16FN3O3/c25-19-13-10-17(11-14-19)24-18(16-27(26-24)20-6-2-1-3-7-20)12-15-23(29)21-8-4-5-9-22(21)28(30)31/h1-16H/b15-12+. The van der Waals surface area contributed by atoms with Gasteiger partial charge in [0.15, 0.2) is 5.78 Å². The van der Waals surface area contributed by atoms with Crippen molar-refractivity contribution in [1.29, 1.82) is 0 Å². The van der Waals surface area contributed by atoms with Gasteiger partial charge in [-0.05, 0) is 54.6 Å². The SMILES string of the molecule is O=C(/C=C/c1cn(-c2ccccc2)nc1-c1ccc(F)cc1)c1ccccc1[N+](=O)[O-]. The van der Waals surface area contributed by atoms with E-state index in [0.29, 0.717) is 16.8 Å². The van der Waals surface area contributed by atoms with E-state index >= 15 is 0 Å². The molecular weight excluding hydrogens is 397 g/mol. The van der Waals surface area contributed by atoms with Crippen LogP contribution in [0.25, 0.3) is 23.0 Å². The Morgan fingerprint density at radius 3 is 2.35 bits per heavy atom. The second-order valence-electron chi connectivity index (χ2n) is 6.69. The maximum atomic E-state index is 13.4. The zero-order chi connectivity index (χ0) is 21.8. The Bertz CT molecular complexity index is 1280. The third-order valence-corrected chi connectivity index (χ3v) is 4.66. The Hall–Kier alpha value is -4.39. The van der Waals surface area contributed by atoms with E-state index in [9.17, 15) is 19.3 Å². The Balaban J connectivity index is 1.75. The van der Waals surface area contributed by atoms with Crippen LogP contribution < -0.4 is 0 Å². The maximum absolute atomic E-state index is 13.4. The molecule has 31 heavy (non-hydrogen) atoms. The first-order valence-corrected chi connectivity index (χ1v) is 9.40. The first-order valence-electron chi connectivity index (χ1n) is 9.40. The highest BCUT2D eigenvalue weighted by atomic mass is 19.1. The van der Waals surface area contributed by atoms with Crippen LogP contribution in [0.15, 0.2) is 91.1 Å². The first-order chi connectivity index (χ1) is 15.0. The molecule has 0 saturated heterocycles. The number of nitro benzene ring substituents is 1. The van der Waals surface area contributed by atoms with Crippen molar-refractivity contribution in [2.75, 3.05) is 0 Å². The van der Waals surface area contributed by atoms with Crippen LogP contribution in [0.5, 0.6) is 0 Å². The van der Waals surface area contributed by atoms with E-state index in [2.05, 4.69) is 5.10 Å². The lowest BCUT2D eigenvalue weighted by atomic mass is 10.1. The Morgan fingerprint density at radius 2 is 1.65 bits per heavy atom. The summed E-state index contributed by atoms with van der Waals surface area (Å²) in [6.45, 7) is 0.